The summed E-state index contributed by atoms with van der Waals surface area (Å²) in [5, 5.41) is 2.45. The molecule has 44 heavy (non-hydrogen) atoms. The highest BCUT2D eigenvalue weighted by Crippen LogP contribution is 2.53. The van der Waals surface area contributed by atoms with Crippen LogP contribution in [0.4, 0.5) is 0 Å². The maximum Gasteiger partial charge on any atom is 0.343 e. The van der Waals surface area contributed by atoms with Gasteiger partial charge in [-0.15, -0.1) is 6.58 Å². The number of ether oxygens (including phenoxy) is 1. The molecule has 2 heterocycles. The summed E-state index contributed by atoms with van der Waals surface area (Å²) in [6.07, 6.45) is 3.54. The summed E-state index contributed by atoms with van der Waals surface area (Å²) in [7, 11) is -4.38. The van der Waals surface area contributed by atoms with E-state index in [-0.39, 0.29) is 28.3 Å². The van der Waals surface area contributed by atoms with Crippen LogP contribution in [0.1, 0.15) is 56.7 Å². The Kier molecular flexibility index (Phi) is 8.16. The number of rotatable bonds is 7. The molecule has 0 amide bonds. The summed E-state index contributed by atoms with van der Waals surface area (Å²) in [4.78, 5) is -0.118. The van der Waals surface area contributed by atoms with E-state index in [1.54, 1.807) is 12.1 Å². The third-order valence-electron chi connectivity index (χ3n) is 9.28. The standard InChI is InChI=1S/C36H35Cl2NO4S/c1-5-18-36(4)20-29(34(23-12-15-26(37)16-13-23)39-31(22(2)3)21-43-35(36)39)28-9-7-10-30(38)33(28)25-14-17-27-24(19-25)8-6-11-32(27)44(40,41)42/h5-17,19,22,29,31,34H,1,18,20-21H2,2-4H3/p+1/t29-,31?,34-,36+/m1/s1. The summed E-state index contributed by atoms with van der Waals surface area (Å²) in [5.41, 5.74) is 3.75. The van der Waals surface area contributed by atoms with E-state index >= 15 is 0 Å². The summed E-state index contributed by atoms with van der Waals surface area (Å²) < 4.78 is 43.1. The van der Waals surface area contributed by atoms with Crippen LogP contribution in [0.15, 0.2) is 96.4 Å². The highest BCUT2D eigenvalue weighted by molar-refractivity contribution is 7.86. The van der Waals surface area contributed by atoms with Crippen molar-refractivity contribution in [2.45, 2.75) is 56.5 Å². The summed E-state index contributed by atoms with van der Waals surface area (Å²) in [6.45, 7) is 11.5. The Morgan fingerprint density at radius 2 is 1.80 bits per heavy atom. The van der Waals surface area contributed by atoms with E-state index in [2.05, 4.69) is 50.1 Å². The lowest BCUT2D eigenvalue weighted by Crippen LogP contribution is -2.46. The van der Waals surface area contributed by atoms with Crippen molar-refractivity contribution in [3.8, 4) is 11.1 Å². The van der Waals surface area contributed by atoms with Crippen LogP contribution in [-0.4, -0.2) is 36.1 Å². The van der Waals surface area contributed by atoms with Gasteiger partial charge in [0.15, 0.2) is 18.7 Å². The minimum atomic E-state index is -4.38. The zero-order chi connectivity index (χ0) is 31.4. The third-order valence-corrected chi connectivity index (χ3v) is 10.8. The summed E-state index contributed by atoms with van der Waals surface area (Å²) in [5.74, 6) is 1.38. The van der Waals surface area contributed by atoms with Gasteiger partial charge in [0.05, 0.1) is 11.3 Å². The van der Waals surface area contributed by atoms with Crippen molar-refractivity contribution in [2.24, 2.45) is 11.3 Å². The number of nitrogens with zero attached hydrogens (tertiary/aromatic N) is 1. The van der Waals surface area contributed by atoms with Gasteiger partial charge >= 0.3 is 5.90 Å². The second kappa shape index (κ2) is 11.6. The van der Waals surface area contributed by atoms with E-state index in [1.807, 2.05) is 48.5 Å². The predicted octanol–water partition coefficient (Wildman–Crippen LogP) is 9.34. The topological polar surface area (TPSA) is 66.6 Å². The molecule has 0 spiro atoms. The molecule has 4 aromatic rings. The summed E-state index contributed by atoms with van der Waals surface area (Å²) in [6, 6.07) is 24.8. The zero-order valence-corrected chi connectivity index (χ0v) is 27.3. The monoisotopic (exact) mass is 648 g/mol. The molecule has 1 N–H and O–H groups in total. The van der Waals surface area contributed by atoms with Crippen LogP contribution in [-0.2, 0) is 14.9 Å². The van der Waals surface area contributed by atoms with E-state index in [4.69, 9.17) is 27.9 Å². The van der Waals surface area contributed by atoms with Gasteiger partial charge in [-0.25, -0.2) is 0 Å². The average molecular weight is 650 g/mol. The van der Waals surface area contributed by atoms with Crippen molar-refractivity contribution in [1.29, 1.82) is 0 Å². The molecule has 8 heteroatoms. The number of hydrogen-bond acceptors (Lipinski definition) is 3. The van der Waals surface area contributed by atoms with E-state index in [9.17, 15) is 13.0 Å². The first-order valence-corrected chi connectivity index (χ1v) is 17.1. The molecule has 6 rings (SSSR count). The van der Waals surface area contributed by atoms with Crippen LogP contribution in [0, 0.1) is 11.3 Å². The molecule has 2 aliphatic rings. The third kappa shape index (κ3) is 5.36. The van der Waals surface area contributed by atoms with Crippen molar-refractivity contribution in [1.82, 2.24) is 0 Å². The zero-order valence-electron chi connectivity index (χ0n) is 25.0. The molecule has 4 aromatic carbocycles. The van der Waals surface area contributed by atoms with Crippen LogP contribution in [0.25, 0.3) is 21.9 Å². The molecular weight excluding hydrogens is 613 g/mol. The van der Waals surface area contributed by atoms with Gasteiger partial charge < -0.3 is 4.74 Å². The van der Waals surface area contributed by atoms with Gasteiger partial charge in [-0.05, 0) is 66.6 Å². The SMILES string of the molecule is C=CC[C@@]1(C)C[C@H](c2cccc(Cl)c2-c2ccc3c(S(=O)(=O)O)cccc3c2)[C@@H](c2ccc(Cl)cc2)[N+]2=C1OCC2C(C)C. The normalized spacial score (nSPS) is 23.6. The van der Waals surface area contributed by atoms with Gasteiger partial charge in [0.25, 0.3) is 10.1 Å². The van der Waals surface area contributed by atoms with Crippen molar-refractivity contribution >= 4 is 50.0 Å². The molecule has 0 saturated carbocycles. The highest BCUT2D eigenvalue weighted by atomic mass is 35.5. The number of allylic oxidation sites excluding steroid dienone is 1. The van der Waals surface area contributed by atoms with E-state index in [0.717, 1.165) is 41.0 Å². The van der Waals surface area contributed by atoms with Gasteiger partial charge in [-0.2, -0.15) is 13.0 Å². The predicted molar refractivity (Wildman–Crippen MR) is 179 cm³/mol. The van der Waals surface area contributed by atoms with Crippen molar-refractivity contribution in [3.05, 3.63) is 113 Å². The smallest absolute Gasteiger partial charge is 0.343 e. The van der Waals surface area contributed by atoms with E-state index < -0.39 is 10.1 Å². The van der Waals surface area contributed by atoms with E-state index in [1.165, 1.54) is 6.07 Å². The lowest BCUT2D eigenvalue weighted by molar-refractivity contribution is -0.616. The quantitative estimate of drug-likeness (QED) is 0.123. The Balaban J connectivity index is 1.60. The first kappa shape index (κ1) is 30.8. The Bertz CT molecular complexity index is 1900. The molecule has 0 aromatic heterocycles. The Hall–Kier alpha value is -3.16. The number of halogens is 2. The average Bonchev–Trinajstić information content (AvgIpc) is 3.43. The minimum absolute atomic E-state index is 0.0152. The Morgan fingerprint density at radius 3 is 2.48 bits per heavy atom. The molecule has 0 bridgehead atoms. The first-order chi connectivity index (χ1) is 20.9. The number of hydrogen-bond donors (Lipinski definition) is 1. The fourth-order valence-corrected chi connectivity index (χ4v) is 8.42. The van der Waals surface area contributed by atoms with Crippen molar-refractivity contribution < 1.29 is 22.3 Å². The molecule has 0 fully saturated rings. The first-order valence-electron chi connectivity index (χ1n) is 14.9. The van der Waals surface area contributed by atoms with Crippen LogP contribution in [0.5, 0.6) is 0 Å². The number of benzene rings is 4. The van der Waals surface area contributed by atoms with Gasteiger partial charge in [0, 0.05) is 32.5 Å². The van der Waals surface area contributed by atoms with Crippen LogP contribution in [0.3, 0.4) is 0 Å². The van der Waals surface area contributed by atoms with Crippen molar-refractivity contribution in [2.75, 3.05) is 6.61 Å². The maximum atomic E-state index is 12.1. The van der Waals surface area contributed by atoms with Gasteiger partial charge in [-0.3, -0.25) is 4.55 Å². The van der Waals surface area contributed by atoms with Crippen LogP contribution < -0.4 is 0 Å². The molecule has 4 atom stereocenters. The molecule has 2 aliphatic heterocycles. The fourth-order valence-electron chi connectivity index (χ4n) is 7.29. The summed E-state index contributed by atoms with van der Waals surface area (Å²) >= 11 is 13.4. The maximum absolute atomic E-state index is 12.1. The van der Waals surface area contributed by atoms with Gasteiger partial charge in [0.1, 0.15) is 4.90 Å². The largest absolute Gasteiger partial charge is 0.441 e. The molecular formula is C36H36Cl2NO4S+. The molecule has 1 unspecified atom stereocenters. The Morgan fingerprint density at radius 1 is 1.07 bits per heavy atom. The number of fused-ring (bicyclic) bond motifs is 1. The second-order valence-corrected chi connectivity index (χ2v) is 14.8. The fraction of sp³-hybridized carbons (Fsp3) is 0.306. The highest BCUT2D eigenvalue weighted by Gasteiger charge is 2.57. The van der Waals surface area contributed by atoms with Crippen LogP contribution in [0.2, 0.25) is 10.0 Å². The molecule has 5 nitrogen and oxygen atoms in total. The van der Waals surface area contributed by atoms with Crippen molar-refractivity contribution in [3.63, 3.8) is 0 Å². The second-order valence-electron chi connectivity index (χ2n) is 12.6. The molecule has 228 valence electrons. The van der Waals surface area contributed by atoms with E-state index in [0.29, 0.717) is 33.3 Å². The minimum Gasteiger partial charge on any atom is -0.441 e. The molecule has 0 radical (unpaired) electrons. The lowest BCUT2D eigenvalue weighted by Gasteiger charge is -2.39. The van der Waals surface area contributed by atoms with Crippen LogP contribution >= 0.6 is 23.2 Å². The van der Waals surface area contributed by atoms with Gasteiger partial charge in [0.2, 0.25) is 0 Å². The molecule has 0 saturated heterocycles. The lowest BCUT2D eigenvalue weighted by atomic mass is 9.68. The Labute approximate surface area is 269 Å². The molecule has 0 aliphatic carbocycles. The van der Waals surface area contributed by atoms with Gasteiger partial charge in [-0.1, -0.05) is 91.7 Å².